The molecule has 1 N–H and O–H groups in total. The quantitative estimate of drug-likeness (QED) is 0.642. The standard InChI is InChI=1S/C20H15ClN2O4/c21-16-5-1-2-7-18(16)27-15-10-8-14(9-11-15)23-19(24)13-26-20(25)17-6-3-4-12-22-17/h1-12H,13H2,(H,23,24). The Morgan fingerprint density at radius 1 is 0.963 bits per heavy atom. The molecule has 136 valence electrons. The average Bonchev–Trinajstić information content (AvgIpc) is 2.70. The molecule has 6 nitrogen and oxygen atoms in total. The third kappa shape index (κ3) is 5.29. The number of nitrogens with zero attached hydrogens (tertiary/aromatic N) is 1. The van der Waals surface area contributed by atoms with Gasteiger partial charge in [0.15, 0.2) is 6.61 Å². The Hall–Kier alpha value is -3.38. The normalized spacial score (nSPS) is 10.1. The van der Waals surface area contributed by atoms with Crippen molar-refractivity contribution in [2.75, 3.05) is 11.9 Å². The Balaban J connectivity index is 1.51. The summed E-state index contributed by atoms with van der Waals surface area (Å²) in [4.78, 5) is 27.5. The van der Waals surface area contributed by atoms with Gasteiger partial charge in [-0.2, -0.15) is 0 Å². The fourth-order valence-corrected chi connectivity index (χ4v) is 2.32. The fourth-order valence-electron chi connectivity index (χ4n) is 2.15. The van der Waals surface area contributed by atoms with Crippen LogP contribution in [0.1, 0.15) is 10.5 Å². The summed E-state index contributed by atoms with van der Waals surface area (Å²) in [6.07, 6.45) is 1.48. The Kier molecular flexibility index (Phi) is 6.02. The van der Waals surface area contributed by atoms with Gasteiger partial charge in [0.2, 0.25) is 0 Å². The van der Waals surface area contributed by atoms with Crippen LogP contribution in [0.4, 0.5) is 5.69 Å². The molecule has 1 amide bonds. The first-order valence-electron chi connectivity index (χ1n) is 8.02. The minimum absolute atomic E-state index is 0.145. The number of aromatic nitrogens is 1. The highest BCUT2D eigenvalue weighted by Crippen LogP contribution is 2.29. The van der Waals surface area contributed by atoms with Crippen LogP contribution in [-0.2, 0) is 9.53 Å². The molecule has 3 aromatic rings. The molecule has 0 fully saturated rings. The summed E-state index contributed by atoms with van der Waals surface area (Å²) in [7, 11) is 0. The average molecular weight is 383 g/mol. The Labute approximate surface area is 160 Å². The summed E-state index contributed by atoms with van der Waals surface area (Å²) in [6.45, 7) is -0.409. The maximum absolute atomic E-state index is 11.9. The van der Waals surface area contributed by atoms with Crippen LogP contribution in [0.3, 0.4) is 0 Å². The highest BCUT2D eigenvalue weighted by Gasteiger charge is 2.11. The number of para-hydroxylation sites is 1. The van der Waals surface area contributed by atoms with Crippen LogP contribution in [-0.4, -0.2) is 23.5 Å². The van der Waals surface area contributed by atoms with Crippen LogP contribution in [0.15, 0.2) is 72.9 Å². The number of pyridine rings is 1. The predicted octanol–water partition coefficient (Wildman–Crippen LogP) is 4.32. The molecule has 2 aromatic carbocycles. The van der Waals surface area contributed by atoms with E-state index < -0.39 is 18.5 Å². The van der Waals surface area contributed by atoms with Crippen molar-refractivity contribution in [2.24, 2.45) is 0 Å². The van der Waals surface area contributed by atoms with Crippen LogP contribution in [0.2, 0.25) is 5.02 Å². The summed E-state index contributed by atoms with van der Waals surface area (Å²) in [6, 6.07) is 18.7. The lowest BCUT2D eigenvalue weighted by Crippen LogP contribution is -2.21. The number of carbonyl (C=O) groups is 2. The number of halogens is 1. The number of rotatable bonds is 6. The second kappa shape index (κ2) is 8.82. The van der Waals surface area contributed by atoms with E-state index in [1.165, 1.54) is 12.3 Å². The number of nitrogens with one attached hydrogen (secondary N) is 1. The van der Waals surface area contributed by atoms with Gasteiger partial charge in [-0.3, -0.25) is 4.79 Å². The van der Waals surface area contributed by atoms with Crippen LogP contribution >= 0.6 is 11.6 Å². The monoisotopic (exact) mass is 382 g/mol. The summed E-state index contributed by atoms with van der Waals surface area (Å²) in [5.41, 5.74) is 0.687. The zero-order chi connectivity index (χ0) is 19.1. The first-order valence-corrected chi connectivity index (χ1v) is 8.40. The lowest BCUT2D eigenvalue weighted by Gasteiger charge is -2.09. The summed E-state index contributed by atoms with van der Waals surface area (Å²) in [5, 5.41) is 3.14. The van der Waals surface area contributed by atoms with E-state index in [1.54, 1.807) is 48.5 Å². The lowest BCUT2D eigenvalue weighted by atomic mass is 10.3. The zero-order valence-electron chi connectivity index (χ0n) is 14.1. The van der Waals surface area contributed by atoms with Crippen molar-refractivity contribution < 1.29 is 19.1 Å². The molecule has 0 spiro atoms. The van der Waals surface area contributed by atoms with E-state index in [9.17, 15) is 9.59 Å². The van der Waals surface area contributed by atoms with Crippen molar-refractivity contribution in [3.63, 3.8) is 0 Å². The molecule has 0 aliphatic rings. The Morgan fingerprint density at radius 2 is 1.70 bits per heavy atom. The number of esters is 1. The smallest absolute Gasteiger partial charge is 0.357 e. The SMILES string of the molecule is O=C(COC(=O)c1ccccn1)Nc1ccc(Oc2ccccc2Cl)cc1. The molecule has 0 saturated carbocycles. The number of hydrogen-bond donors (Lipinski definition) is 1. The molecular formula is C20H15ClN2O4. The van der Waals surface area contributed by atoms with Crippen LogP contribution < -0.4 is 10.1 Å². The lowest BCUT2D eigenvalue weighted by molar-refractivity contribution is -0.119. The summed E-state index contributed by atoms with van der Waals surface area (Å²) >= 11 is 6.05. The van der Waals surface area contributed by atoms with Crippen molar-refractivity contribution in [3.05, 3.63) is 83.6 Å². The molecule has 0 atom stereocenters. The van der Waals surface area contributed by atoms with Crippen LogP contribution in [0.5, 0.6) is 11.5 Å². The van der Waals surface area contributed by atoms with Gasteiger partial charge in [-0.25, -0.2) is 9.78 Å². The molecule has 1 aromatic heterocycles. The van der Waals surface area contributed by atoms with Crippen molar-refractivity contribution in [1.82, 2.24) is 4.98 Å². The molecule has 0 unspecified atom stereocenters. The van der Waals surface area contributed by atoms with E-state index in [-0.39, 0.29) is 5.69 Å². The van der Waals surface area contributed by atoms with Crippen LogP contribution in [0, 0.1) is 0 Å². The van der Waals surface area contributed by atoms with E-state index in [1.807, 2.05) is 12.1 Å². The highest BCUT2D eigenvalue weighted by atomic mass is 35.5. The van der Waals surface area contributed by atoms with E-state index in [0.29, 0.717) is 22.2 Å². The third-order valence-electron chi connectivity index (χ3n) is 3.41. The first-order chi connectivity index (χ1) is 13.1. The number of ether oxygens (including phenoxy) is 2. The molecule has 27 heavy (non-hydrogen) atoms. The fraction of sp³-hybridized carbons (Fsp3) is 0.0500. The van der Waals surface area contributed by atoms with Gasteiger partial charge in [0.05, 0.1) is 5.02 Å². The third-order valence-corrected chi connectivity index (χ3v) is 3.72. The van der Waals surface area contributed by atoms with Gasteiger partial charge in [0, 0.05) is 11.9 Å². The molecule has 0 aliphatic carbocycles. The molecule has 0 aliphatic heterocycles. The second-order valence-electron chi connectivity index (χ2n) is 5.40. The van der Waals surface area contributed by atoms with Gasteiger partial charge in [-0.15, -0.1) is 0 Å². The van der Waals surface area contributed by atoms with Gasteiger partial charge >= 0.3 is 5.97 Å². The second-order valence-corrected chi connectivity index (χ2v) is 5.80. The number of hydrogen-bond acceptors (Lipinski definition) is 5. The van der Waals surface area contributed by atoms with Crippen molar-refractivity contribution >= 4 is 29.2 Å². The molecule has 1 heterocycles. The topological polar surface area (TPSA) is 77.5 Å². The number of carbonyl (C=O) groups excluding carboxylic acids is 2. The Bertz CT molecular complexity index is 930. The number of amides is 1. The van der Waals surface area contributed by atoms with E-state index in [0.717, 1.165) is 0 Å². The van der Waals surface area contributed by atoms with Gasteiger partial charge in [-0.1, -0.05) is 29.8 Å². The maximum Gasteiger partial charge on any atom is 0.357 e. The van der Waals surface area contributed by atoms with Gasteiger partial charge in [-0.05, 0) is 48.5 Å². The highest BCUT2D eigenvalue weighted by molar-refractivity contribution is 6.32. The molecule has 0 radical (unpaired) electrons. The van der Waals surface area contributed by atoms with E-state index in [4.69, 9.17) is 21.1 Å². The van der Waals surface area contributed by atoms with Crippen LogP contribution in [0.25, 0.3) is 0 Å². The minimum atomic E-state index is -0.658. The van der Waals surface area contributed by atoms with Crippen molar-refractivity contribution in [2.45, 2.75) is 0 Å². The summed E-state index contributed by atoms with van der Waals surface area (Å²) < 4.78 is 10.6. The minimum Gasteiger partial charge on any atom is -0.456 e. The van der Waals surface area contributed by atoms with Gasteiger partial charge in [0.25, 0.3) is 5.91 Å². The molecule has 3 rings (SSSR count). The molecule has 0 saturated heterocycles. The van der Waals surface area contributed by atoms with Crippen molar-refractivity contribution in [1.29, 1.82) is 0 Å². The first kappa shape index (κ1) is 18.4. The van der Waals surface area contributed by atoms with E-state index >= 15 is 0 Å². The largest absolute Gasteiger partial charge is 0.456 e. The number of anilines is 1. The molecular weight excluding hydrogens is 368 g/mol. The van der Waals surface area contributed by atoms with Gasteiger partial charge < -0.3 is 14.8 Å². The van der Waals surface area contributed by atoms with E-state index in [2.05, 4.69) is 10.3 Å². The van der Waals surface area contributed by atoms with Crippen molar-refractivity contribution in [3.8, 4) is 11.5 Å². The van der Waals surface area contributed by atoms with Gasteiger partial charge in [0.1, 0.15) is 17.2 Å². The Morgan fingerprint density at radius 3 is 2.41 bits per heavy atom. The molecule has 7 heteroatoms. The maximum atomic E-state index is 11.9. The summed E-state index contributed by atoms with van der Waals surface area (Å²) in [5.74, 6) is -0.00615. The number of benzene rings is 2. The zero-order valence-corrected chi connectivity index (χ0v) is 14.8. The predicted molar refractivity (Wildman–Crippen MR) is 101 cm³/mol. The molecule has 0 bridgehead atoms.